The van der Waals surface area contributed by atoms with Crippen molar-refractivity contribution in [2.75, 3.05) is 11.1 Å². The van der Waals surface area contributed by atoms with Crippen LogP contribution in [-0.4, -0.2) is 16.9 Å². The van der Waals surface area contributed by atoms with Crippen molar-refractivity contribution in [3.8, 4) is 6.07 Å². The number of rotatable bonds is 4. The Hall–Kier alpha value is -2.29. The number of anilines is 2. The van der Waals surface area contributed by atoms with Crippen LogP contribution in [0.3, 0.4) is 0 Å². The van der Waals surface area contributed by atoms with Crippen molar-refractivity contribution in [3.63, 3.8) is 0 Å². The molecule has 0 fully saturated rings. The number of carbonyl (C=O) groups excluding carboxylic acids is 1. The lowest BCUT2D eigenvalue weighted by Gasteiger charge is -2.20. The summed E-state index contributed by atoms with van der Waals surface area (Å²) in [5, 5.41) is 11.5. The lowest BCUT2D eigenvalue weighted by molar-refractivity contribution is -0.119. The Bertz CT molecular complexity index is 463. The fraction of sp³-hybridized carbons (Fsp3) is 0.364. The van der Waals surface area contributed by atoms with Gasteiger partial charge in [0.15, 0.2) is 0 Å². The summed E-state index contributed by atoms with van der Waals surface area (Å²) < 4.78 is 0. The first-order valence-electron chi connectivity index (χ1n) is 5.17. The average Bonchev–Trinajstić information content (AvgIpc) is 2.26. The predicted molar refractivity (Wildman–Crippen MR) is 64.8 cm³/mol. The van der Waals surface area contributed by atoms with E-state index in [-0.39, 0.29) is 5.92 Å². The molecule has 0 radical (unpaired) electrons. The van der Waals surface area contributed by atoms with E-state index in [9.17, 15) is 4.79 Å². The second-order valence-electron chi connectivity index (χ2n) is 4.04. The van der Waals surface area contributed by atoms with Crippen LogP contribution in [0.25, 0.3) is 0 Å². The normalized spacial score (nSPS) is 11.9. The number of nitrogens with zero attached hydrogens (tertiary/aromatic N) is 2. The number of primary amides is 1. The molecule has 17 heavy (non-hydrogen) atoms. The Kier molecular flexibility index (Phi) is 3.88. The SMILES string of the molecule is CC(C)C(Nc1ncc(C#N)cc1N)C(N)=O. The van der Waals surface area contributed by atoms with Crippen LogP contribution in [0.1, 0.15) is 19.4 Å². The molecule has 1 aromatic heterocycles. The van der Waals surface area contributed by atoms with Crippen molar-refractivity contribution >= 4 is 17.4 Å². The Labute approximate surface area is 99.6 Å². The molecule has 0 aliphatic carbocycles. The van der Waals surface area contributed by atoms with Gasteiger partial charge in [0.25, 0.3) is 0 Å². The van der Waals surface area contributed by atoms with E-state index in [1.54, 1.807) is 0 Å². The number of aromatic nitrogens is 1. The summed E-state index contributed by atoms with van der Waals surface area (Å²) in [6.45, 7) is 3.73. The van der Waals surface area contributed by atoms with Gasteiger partial charge in [-0.1, -0.05) is 13.8 Å². The highest BCUT2D eigenvalue weighted by Gasteiger charge is 2.20. The maximum Gasteiger partial charge on any atom is 0.240 e. The number of hydrogen-bond donors (Lipinski definition) is 3. The van der Waals surface area contributed by atoms with Crippen LogP contribution >= 0.6 is 0 Å². The Morgan fingerprint density at radius 1 is 1.59 bits per heavy atom. The van der Waals surface area contributed by atoms with E-state index in [0.29, 0.717) is 17.1 Å². The highest BCUT2D eigenvalue weighted by molar-refractivity contribution is 5.84. The zero-order valence-electron chi connectivity index (χ0n) is 9.77. The second-order valence-corrected chi connectivity index (χ2v) is 4.04. The van der Waals surface area contributed by atoms with Crippen molar-refractivity contribution in [1.29, 1.82) is 5.26 Å². The molecule has 6 nitrogen and oxygen atoms in total. The van der Waals surface area contributed by atoms with E-state index < -0.39 is 11.9 Å². The number of nitrogens with one attached hydrogen (secondary N) is 1. The molecule has 1 aromatic rings. The van der Waals surface area contributed by atoms with Crippen LogP contribution in [0.5, 0.6) is 0 Å². The van der Waals surface area contributed by atoms with Gasteiger partial charge in [0.1, 0.15) is 17.9 Å². The summed E-state index contributed by atoms with van der Waals surface area (Å²) in [5.74, 6) is -0.0867. The Morgan fingerprint density at radius 2 is 2.24 bits per heavy atom. The molecule has 0 aliphatic heterocycles. The number of nitrogen functional groups attached to an aromatic ring is 1. The molecule has 0 saturated carbocycles. The Balaban J connectivity index is 2.95. The van der Waals surface area contributed by atoms with Crippen molar-refractivity contribution in [2.24, 2.45) is 11.7 Å². The standard InChI is InChI=1S/C11H15N5O/c1-6(2)9(10(14)17)16-11-8(13)3-7(4-12)5-15-11/h3,5-6,9H,13H2,1-2H3,(H2,14,17)(H,15,16). The summed E-state index contributed by atoms with van der Waals surface area (Å²) in [6, 6.07) is 2.88. The van der Waals surface area contributed by atoms with Crippen molar-refractivity contribution in [3.05, 3.63) is 17.8 Å². The lowest BCUT2D eigenvalue weighted by atomic mass is 10.0. The first-order chi connectivity index (χ1) is 7.95. The smallest absolute Gasteiger partial charge is 0.240 e. The summed E-state index contributed by atoms with van der Waals surface area (Å²) in [7, 11) is 0. The summed E-state index contributed by atoms with van der Waals surface area (Å²) in [5.41, 5.74) is 11.7. The second kappa shape index (κ2) is 5.16. The van der Waals surface area contributed by atoms with Gasteiger partial charge in [0, 0.05) is 6.20 Å². The minimum absolute atomic E-state index is 0.0179. The van der Waals surface area contributed by atoms with Crippen LogP contribution in [0.15, 0.2) is 12.3 Å². The molecule has 90 valence electrons. The summed E-state index contributed by atoms with van der Waals surface area (Å²) in [6.07, 6.45) is 1.39. The molecular weight excluding hydrogens is 218 g/mol. The number of nitrogens with two attached hydrogens (primary N) is 2. The zero-order valence-corrected chi connectivity index (χ0v) is 9.77. The quantitative estimate of drug-likeness (QED) is 0.698. The first kappa shape index (κ1) is 12.8. The average molecular weight is 233 g/mol. The minimum Gasteiger partial charge on any atom is -0.396 e. The van der Waals surface area contributed by atoms with Gasteiger partial charge in [-0.25, -0.2) is 4.98 Å². The highest BCUT2D eigenvalue weighted by atomic mass is 16.1. The van der Waals surface area contributed by atoms with Gasteiger partial charge >= 0.3 is 0 Å². The molecule has 0 saturated heterocycles. The largest absolute Gasteiger partial charge is 0.396 e. The van der Waals surface area contributed by atoms with E-state index >= 15 is 0 Å². The zero-order chi connectivity index (χ0) is 13.0. The number of hydrogen-bond acceptors (Lipinski definition) is 5. The van der Waals surface area contributed by atoms with Crippen LogP contribution in [0.2, 0.25) is 0 Å². The maximum absolute atomic E-state index is 11.2. The number of carbonyl (C=O) groups is 1. The monoisotopic (exact) mass is 233 g/mol. The van der Waals surface area contributed by atoms with Gasteiger partial charge in [-0.15, -0.1) is 0 Å². The molecule has 0 bridgehead atoms. The molecule has 6 heteroatoms. The van der Waals surface area contributed by atoms with E-state index in [1.165, 1.54) is 12.3 Å². The van der Waals surface area contributed by atoms with Crippen LogP contribution in [0.4, 0.5) is 11.5 Å². The van der Waals surface area contributed by atoms with Crippen LogP contribution in [0, 0.1) is 17.2 Å². The number of pyridine rings is 1. The van der Waals surface area contributed by atoms with Crippen molar-refractivity contribution in [1.82, 2.24) is 4.98 Å². The maximum atomic E-state index is 11.2. The van der Waals surface area contributed by atoms with Crippen LogP contribution < -0.4 is 16.8 Å². The van der Waals surface area contributed by atoms with E-state index in [1.807, 2.05) is 19.9 Å². The van der Waals surface area contributed by atoms with Gasteiger partial charge in [0.2, 0.25) is 5.91 Å². The third-order valence-corrected chi connectivity index (χ3v) is 2.31. The number of amides is 1. The van der Waals surface area contributed by atoms with Crippen LogP contribution in [-0.2, 0) is 4.79 Å². The number of nitriles is 1. The van der Waals surface area contributed by atoms with Gasteiger partial charge < -0.3 is 16.8 Å². The molecule has 1 heterocycles. The molecule has 1 atom stereocenters. The lowest BCUT2D eigenvalue weighted by Crippen LogP contribution is -2.39. The molecule has 1 amide bonds. The topological polar surface area (TPSA) is 118 Å². The fourth-order valence-electron chi connectivity index (χ4n) is 1.38. The van der Waals surface area contributed by atoms with Crippen molar-refractivity contribution in [2.45, 2.75) is 19.9 Å². The summed E-state index contributed by atoms with van der Waals surface area (Å²) in [4.78, 5) is 15.2. The molecular formula is C11H15N5O. The van der Waals surface area contributed by atoms with Gasteiger partial charge in [-0.3, -0.25) is 4.79 Å². The minimum atomic E-state index is -0.544. The highest BCUT2D eigenvalue weighted by Crippen LogP contribution is 2.18. The molecule has 1 unspecified atom stereocenters. The first-order valence-corrected chi connectivity index (χ1v) is 5.17. The molecule has 0 spiro atoms. The van der Waals surface area contributed by atoms with E-state index in [2.05, 4.69) is 10.3 Å². The summed E-state index contributed by atoms with van der Waals surface area (Å²) >= 11 is 0. The fourth-order valence-corrected chi connectivity index (χ4v) is 1.38. The van der Waals surface area contributed by atoms with Gasteiger partial charge in [-0.05, 0) is 12.0 Å². The van der Waals surface area contributed by atoms with Gasteiger partial charge in [-0.2, -0.15) is 5.26 Å². The van der Waals surface area contributed by atoms with E-state index in [0.717, 1.165) is 0 Å². The third-order valence-electron chi connectivity index (χ3n) is 2.31. The molecule has 5 N–H and O–H groups in total. The molecule has 0 aromatic carbocycles. The van der Waals surface area contributed by atoms with E-state index in [4.69, 9.17) is 16.7 Å². The van der Waals surface area contributed by atoms with Gasteiger partial charge in [0.05, 0.1) is 11.3 Å². The Morgan fingerprint density at radius 3 is 2.65 bits per heavy atom. The predicted octanol–water partition coefficient (Wildman–Crippen LogP) is 0.457. The molecule has 1 rings (SSSR count). The third kappa shape index (κ3) is 3.08. The van der Waals surface area contributed by atoms with Crippen molar-refractivity contribution < 1.29 is 4.79 Å². The molecule has 0 aliphatic rings.